The van der Waals surface area contributed by atoms with Crippen LogP contribution in [0.3, 0.4) is 0 Å². The molecular formula is C26H24N3OS2+. The molecule has 0 saturated heterocycles. The molecule has 0 bridgehead atoms. The molecule has 1 amide bonds. The van der Waals surface area contributed by atoms with Gasteiger partial charge in [-0.3, -0.25) is 4.79 Å². The molecule has 1 N–H and O–H groups in total. The summed E-state index contributed by atoms with van der Waals surface area (Å²) in [6, 6.07) is 17.6. The first-order valence-corrected chi connectivity index (χ1v) is 13.0. The number of fused-ring (bicyclic) bond motifs is 9. The third-order valence-electron chi connectivity index (χ3n) is 7.38. The fourth-order valence-electron chi connectivity index (χ4n) is 6.08. The van der Waals surface area contributed by atoms with Crippen LogP contribution in [0, 0.1) is 11.8 Å². The molecule has 0 radical (unpaired) electrons. The van der Waals surface area contributed by atoms with E-state index in [2.05, 4.69) is 69.4 Å². The maximum Gasteiger partial charge on any atom is 0.266 e. The zero-order chi connectivity index (χ0) is 21.4. The van der Waals surface area contributed by atoms with Gasteiger partial charge in [0.15, 0.2) is 6.54 Å². The van der Waals surface area contributed by atoms with Gasteiger partial charge in [-0.15, -0.1) is 0 Å². The zero-order valence-electron chi connectivity index (χ0n) is 17.9. The largest absolute Gasteiger partial charge is 0.352 e. The Bertz CT molecular complexity index is 1350. The highest BCUT2D eigenvalue weighted by atomic mass is 32.2. The molecule has 3 aliphatic heterocycles. The number of hydrogen-bond acceptors (Lipinski definition) is 4. The number of thioether (sulfide) groups is 1. The first kappa shape index (κ1) is 18.9. The van der Waals surface area contributed by atoms with Gasteiger partial charge in [0.2, 0.25) is 11.4 Å². The minimum absolute atomic E-state index is 0.0835. The number of nitrogens with one attached hydrogen (secondary N) is 1. The average Bonchev–Trinajstić information content (AvgIpc) is 3.37. The molecule has 2 aromatic carbocycles. The summed E-state index contributed by atoms with van der Waals surface area (Å²) in [6.07, 6.45) is 4.64. The van der Waals surface area contributed by atoms with Crippen LogP contribution in [-0.2, 0) is 11.3 Å². The van der Waals surface area contributed by atoms with Crippen LogP contribution in [0.4, 0.5) is 5.69 Å². The second kappa shape index (κ2) is 6.96. The van der Waals surface area contributed by atoms with E-state index < -0.39 is 0 Å². The van der Waals surface area contributed by atoms with Crippen LogP contribution in [0.15, 0.2) is 70.1 Å². The average molecular weight is 459 g/mol. The van der Waals surface area contributed by atoms with Crippen LogP contribution in [0.2, 0.25) is 0 Å². The molecule has 0 spiro atoms. The molecule has 32 heavy (non-hydrogen) atoms. The van der Waals surface area contributed by atoms with Crippen LogP contribution >= 0.6 is 23.1 Å². The lowest BCUT2D eigenvalue weighted by Gasteiger charge is -2.44. The molecule has 3 atom stereocenters. The van der Waals surface area contributed by atoms with E-state index in [1.165, 1.54) is 42.0 Å². The third-order valence-corrected chi connectivity index (χ3v) is 9.81. The number of anilines is 1. The Kier molecular flexibility index (Phi) is 4.12. The molecule has 7 rings (SSSR count). The van der Waals surface area contributed by atoms with Crippen LogP contribution in [-0.4, -0.2) is 18.5 Å². The Morgan fingerprint density at radius 1 is 1.09 bits per heavy atom. The van der Waals surface area contributed by atoms with Crippen molar-refractivity contribution in [2.24, 2.45) is 11.8 Å². The monoisotopic (exact) mass is 458 g/mol. The Hall–Kier alpha value is -2.57. The highest BCUT2D eigenvalue weighted by Gasteiger charge is 2.48. The lowest BCUT2D eigenvalue weighted by Crippen LogP contribution is -2.54. The van der Waals surface area contributed by atoms with E-state index >= 15 is 0 Å². The van der Waals surface area contributed by atoms with E-state index in [1.54, 1.807) is 6.92 Å². The number of carbonyl (C=O) groups is 1. The van der Waals surface area contributed by atoms with Gasteiger partial charge >= 0.3 is 0 Å². The summed E-state index contributed by atoms with van der Waals surface area (Å²) >= 11 is 3.79. The second-order valence-electron chi connectivity index (χ2n) is 9.12. The topological polar surface area (TPSA) is 36.2 Å². The number of aryl methyl sites for hydroxylation is 1. The van der Waals surface area contributed by atoms with Crippen molar-refractivity contribution in [1.29, 1.82) is 0 Å². The summed E-state index contributed by atoms with van der Waals surface area (Å²) in [5.41, 5.74) is 5.48. The van der Waals surface area contributed by atoms with E-state index in [4.69, 9.17) is 0 Å². The van der Waals surface area contributed by atoms with Gasteiger partial charge in [0.05, 0.1) is 10.7 Å². The number of para-hydroxylation sites is 2. The molecule has 3 unspecified atom stereocenters. The fraction of sp³-hybridized carbons (Fsp3) is 0.308. The molecule has 0 saturated carbocycles. The predicted molar refractivity (Wildman–Crippen MR) is 130 cm³/mol. The summed E-state index contributed by atoms with van der Waals surface area (Å²) in [5, 5.41) is 6.13. The summed E-state index contributed by atoms with van der Waals surface area (Å²) in [6.45, 7) is 3.70. The molecule has 1 aromatic heterocycles. The van der Waals surface area contributed by atoms with Gasteiger partial charge in [-0.25, -0.2) is 0 Å². The number of amides is 1. The van der Waals surface area contributed by atoms with Crippen molar-refractivity contribution in [3.05, 3.63) is 70.2 Å². The Morgan fingerprint density at radius 3 is 2.84 bits per heavy atom. The standard InChI is InChI=1S/C26H23N3OS2/c1-15(30)27-24-16-10-12-28-20-6-2-4-8-22(20)31-25(28)18(16)14-19-17(24)11-13-29-21-7-3-5-9-23(21)32-26(19)29/h2-9,14,16-17,24H,10-13H2,1H3/p+1. The maximum absolute atomic E-state index is 12.3. The molecule has 1 aliphatic carbocycles. The van der Waals surface area contributed by atoms with Crippen molar-refractivity contribution < 1.29 is 9.36 Å². The quantitative estimate of drug-likeness (QED) is 0.524. The Balaban J connectivity index is 1.44. The van der Waals surface area contributed by atoms with Crippen LogP contribution < -0.4 is 14.8 Å². The predicted octanol–water partition coefficient (Wildman–Crippen LogP) is 4.95. The highest BCUT2D eigenvalue weighted by Crippen LogP contribution is 2.54. The number of allylic oxidation sites excluding steroid dienone is 1. The molecule has 4 aliphatic rings. The number of carbonyl (C=O) groups excluding carboxylic acids is 1. The van der Waals surface area contributed by atoms with E-state index in [-0.39, 0.29) is 11.9 Å². The Morgan fingerprint density at radius 2 is 1.94 bits per heavy atom. The molecule has 0 fully saturated rings. The molecule has 6 heteroatoms. The van der Waals surface area contributed by atoms with E-state index in [9.17, 15) is 4.79 Å². The van der Waals surface area contributed by atoms with Crippen molar-refractivity contribution in [2.45, 2.75) is 37.2 Å². The highest BCUT2D eigenvalue weighted by molar-refractivity contribution is 8.03. The van der Waals surface area contributed by atoms with E-state index in [0.717, 1.165) is 25.9 Å². The maximum atomic E-state index is 12.3. The molecular weight excluding hydrogens is 434 g/mol. The number of hydrogen-bond donors (Lipinski definition) is 1. The molecule has 3 aromatic rings. The minimum Gasteiger partial charge on any atom is -0.352 e. The number of aromatic nitrogens is 1. The summed E-state index contributed by atoms with van der Waals surface area (Å²) in [5.74, 6) is 0.837. The number of thiazole rings is 1. The Labute approximate surface area is 195 Å². The van der Waals surface area contributed by atoms with Gasteiger partial charge in [0.25, 0.3) is 5.01 Å². The van der Waals surface area contributed by atoms with Gasteiger partial charge in [-0.05, 0) is 36.3 Å². The first-order chi connectivity index (χ1) is 15.7. The van der Waals surface area contributed by atoms with Crippen LogP contribution in [0.5, 0.6) is 0 Å². The summed E-state index contributed by atoms with van der Waals surface area (Å²) in [7, 11) is 0. The van der Waals surface area contributed by atoms with Crippen molar-refractivity contribution in [2.75, 3.05) is 11.4 Å². The van der Waals surface area contributed by atoms with Gasteiger partial charge < -0.3 is 10.2 Å². The summed E-state index contributed by atoms with van der Waals surface area (Å²) in [4.78, 5) is 16.1. The lowest BCUT2D eigenvalue weighted by atomic mass is 9.69. The molecule has 4 heterocycles. The van der Waals surface area contributed by atoms with Gasteiger partial charge in [-0.2, -0.15) is 4.57 Å². The van der Waals surface area contributed by atoms with Gasteiger partial charge in [-0.1, -0.05) is 47.4 Å². The van der Waals surface area contributed by atoms with Crippen LogP contribution in [0.25, 0.3) is 15.8 Å². The lowest BCUT2D eigenvalue weighted by molar-refractivity contribution is -0.674. The van der Waals surface area contributed by atoms with Crippen molar-refractivity contribution in [1.82, 2.24) is 5.32 Å². The molecule has 160 valence electrons. The normalized spacial score (nSPS) is 25.5. The van der Waals surface area contributed by atoms with E-state index in [1.807, 2.05) is 23.1 Å². The molecule has 4 nitrogen and oxygen atoms in total. The smallest absolute Gasteiger partial charge is 0.266 e. The first-order valence-electron chi connectivity index (χ1n) is 11.4. The van der Waals surface area contributed by atoms with Crippen LogP contribution in [0.1, 0.15) is 24.8 Å². The minimum atomic E-state index is 0.0835. The third kappa shape index (κ3) is 2.63. The van der Waals surface area contributed by atoms with Gasteiger partial charge in [0, 0.05) is 54.3 Å². The number of rotatable bonds is 1. The fourth-order valence-corrected chi connectivity index (χ4v) is 8.61. The van der Waals surface area contributed by atoms with Crippen molar-refractivity contribution in [3.8, 4) is 0 Å². The zero-order valence-corrected chi connectivity index (χ0v) is 19.5. The number of nitrogens with zero attached hydrogens (tertiary/aromatic N) is 2. The SMILES string of the molecule is CC(=O)NC1C2CC[n+]3c(sc4ccccc43)C2=CC2=C3Sc4ccccc4N3CCC21. The van der Waals surface area contributed by atoms with Gasteiger partial charge in [0.1, 0.15) is 4.70 Å². The van der Waals surface area contributed by atoms with Crippen molar-refractivity contribution >= 4 is 50.5 Å². The number of benzene rings is 2. The van der Waals surface area contributed by atoms with E-state index in [0.29, 0.717) is 11.8 Å². The summed E-state index contributed by atoms with van der Waals surface area (Å²) < 4.78 is 3.84. The van der Waals surface area contributed by atoms with Crippen molar-refractivity contribution in [3.63, 3.8) is 0 Å². The second-order valence-corrected chi connectivity index (χ2v) is 11.2.